The van der Waals surface area contributed by atoms with Gasteiger partial charge in [-0.25, -0.2) is 0 Å². The minimum atomic E-state index is -3.29. The highest BCUT2D eigenvalue weighted by Crippen LogP contribution is 2.59. The van der Waals surface area contributed by atoms with Crippen LogP contribution in [0.15, 0.2) is 30.8 Å². The van der Waals surface area contributed by atoms with Gasteiger partial charge < -0.3 is 13.8 Å². The lowest BCUT2D eigenvalue weighted by Gasteiger charge is -2.19. The largest absolute Gasteiger partial charge is 0.497 e. The van der Waals surface area contributed by atoms with Crippen LogP contribution in [0.1, 0.15) is 19.4 Å². The zero-order valence-electron chi connectivity index (χ0n) is 11.0. The lowest BCUT2D eigenvalue weighted by Crippen LogP contribution is -1.98. The summed E-state index contributed by atoms with van der Waals surface area (Å²) in [4.78, 5) is 0. The predicted molar refractivity (Wildman–Crippen MR) is 72.9 cm³/mol. The summed E-state index contributed by atoms with van der Waals surface area (Å²) in [5.41, 5.74) is 0.723. The first-order valence-corrected chi connectivity index (χ1v) is 7.34. The monoisotopic (exact) mass is 270 g/mol. The molecule has 4 nitrogen and oxygen atoms in total. The molecule has 0 aliphatic heterocycles. The van der Waals surface area contributed by atoms with E-state index in [-0.39, 0.29) is 0 Å². The van der Waals surface area contributed by atoms with Crippen molar-refractivity contribution in [1.29, 1.82) is 0 Å². The van der Waals surface area contributed by atoms with E-state index in [0.29, 0.717) is 18.5 Å². The summed E-state index contributed by atoms with van der Waals surface area (Å²) in [6, 6.07) is 7.13. The van der Waals surface area contributed by atoms with Crippen LogP contribution < -0.4 is 4.74 Å². The Bertz CT molecular complexity index is 429. The predicted octanol–water partition coefficient (Wildman–Crippen LogP) is 3.93. The summed E-state index contributed by atoms with van der Waals surface area (Å²) < 4.78 is 28.1. The fraction of sp³-hybridized carbons (Fsp3) is 0.385. The van der Waals surface area contributed by atoms with E-state index in [9.17, 15) is 4.57 Å². The van der Waals surface area contributed by atoms with Gasteiger partial charge in [0.05, 0.1) is 25.6 Å². The molecule has 18 heavy (non-hydrogen) atoms. The first-order valence-electron chi connectivity index (χ1n) is 5.80. The topological polar surface area (TPSA) is 44.8 Å². The third kappa shape index (κ3) is 3.45. The fourth-order valence-electron chi connectivity index (χ4n) is 1.47. The second-order valence-electron chi connectivity index (χ2n) is 3.51. The molecule has 1 aromatic rings. The summed E-state index contributed by atoms with van der Waals surface area (Å²) in [7, 11) is -1.70. The SMILES string of the molecule is C=C(c1ccc(OC)cc1)P(=O)(OCC)OCC. The second-order valence-corrected chi connectivity index (χ2v) is 5.56. The van der Waals surface area contributed by atoms with E-state index in [2.05, 4.69) is 6.58 Å². The Morgan fingerprint density at radius 3 is 2.06 bits per heavy atom. The molecule has 5 heteroatoms. The highest BCUT2D eigenvalue weighted by Gasteiger charge is 2.28. The lowest BCUT2D eigenvalue weighted by atomic mass is 10.2. The van der Waals surface area contributed by atoms with Gasteiger partial charge in [-0.15, -0.1) is 0 Å². The number of rotatable bonds is 7. The molecule has 0 aliphatic carbocycles. The van der Waals surface area contributed by atoms with Crippen molar-refractivity contribution in [3.05, 3.63) is 36.4 Å². The molecule has 1 aromatic carbocycles. The Kier molecular flexibility index (Phi) is 5.60. The molecule has 0 saturated carbocycles. The average molecular weight is 270 g/mol. The van der Waals surface area contributed by atoms with Crippen LogP contribution in [0, 0.1) is 0 Å². The molecule has 0 fully saturated rings. The van der Waals surface area contributed by atoms with Gasteiger partial charge in [0.25, 0.3) is 0 Å². The van der Waals surface area contributed by atoms with Crippen LogP contribution in [0.2, 0.25) is 0 Å². The summed E-state index contributed by atoms with van der Waals surface area (Å²) in [6.07, 6.45) is 0. The van der Waals surface area contributed by atoms with Gasteiger partial charge in [0.2, 0.25) is 0 Å². The van der Waals surface area contributed by atoms with Gasteiger partial charge in [0, 0.05) is 0 Å². The Morgan fingerprint density at radius 1 is 1.17 bits per heavy atom. The van der Waals surface area contributed by atoms with E-state index >= 15 is 0 Å². The zero-order valence-corrected chi connectivity index (χ0v) is 11.9. The molecule has 0 unspecified atom stereocenters. The lowest BCUT2D eigenvalue weighted by molar-refractivity contribution is 0.230. The van der Waals surface area contributed by atoms with E-state index in [4.69, 9.17) is 13.8 Å². The van der Waals surface area contributed by atoms with Crippen LogP contribution >= 0.6 is 7.60 Å². The molecule has 0 amide bonds. The summed E-state index contributed by atoms with van der Waals surface area (Å²) >= 11 is 0. The maximum atomic E-state index is 12.5. The van der Waals surface area contributed by atoms with Gasteiger partial charge in [-0.3, -0.25) is 4.57 Å². The van der Waals surface area contributed by atoms with Crippen LogP contribution in [-0.2, 0) is 13.6 Å². The smallest absolute Gasteiger partial charge is 0.361 e. The number of benzene rings is 1. The van der Waals surface area contributed by atoms with E-state index in [1.165, 1.54) is 0 Å². The van der Waals surface area contributed by atoms with Gasteiger partial charge in [0.15, 0.2) is 0 Å². The molecule has 0 atom stereocenters. The van der Waals surface area contributed by atoms with Crippen LogP contribution in [0.4, 0.5) is 0 Å². The molecular formula is C13H19O4P. The maximum absolute atomic E-state index is 12.5. The summed E-state index contributed by atoms with van der Waals surface area (Å²) in [5.74, 6) is 0.731. The van der Waals surface area contributed by atoms with Crippen molar-refractivity contribution in [2.24, 2.45) is 0 Å². The highest BCUT2D eigenvalue weighted by atomic mass is 31.2. The summed E-state index contributed by atoms with van der Waals surface area (Å²) in [5, 5.41) is 0.369. The average Bonchev–Trinajstić information content (AvgIpc) is 2.38. The molecule has 0 radical (unpaired) electrons. The quantitative estimate of drug-likeness (QED) is 0.704. The van der Waals surface area contributed by atoms with Gasteiger partial charge in [0.1, 0.15) is 5.75 Å². The molecule has 0 spiro atoms. The molecule has 0 aliphatic rings. The maximum Gasteiger partial charge on any atom is 0.361 e. The Hall–Kier alpha value is -1.09. The van der Waals surface area contributed by atoms with Crippen molar-refractivity contribution in [2.45, 2.75) is 13.8 Å². The fourth-order valence-corrected chi connectivity index (χ4v) is 3.01. The Balaban J connectivity index is 2.98. The van der Waals surface area contributed by atoms with Crippen LogP contribution in [0.25, 0.3) is 5.31 Å². The minimum Gasteiger partial charge on any atom is -0.497 e. The zero-order chi connectivity index (χ0) is 13.6. The second kappa shape index (κ2) is 6.74. The molecule has 0 N–H and O–H groups in total. The van der Waals surface area contributed by atoms with Crippen molar-refractivity contribution >= 4 is 12.9 Å². The van der Waals surface area contributed by atoms with Crippen LogP contribution in [0.5, 0.6) is 5.75 Å². The highest BCUT2D eigenvalue weighted by molar-refractivity contribution is 7.65. The first kappa shape index (κ1) is 15.0. The van der Waals surface area contributed by atoms with E-state index < -0.39 is 7.60 Å². The van der Waals surface area contributed by atoms with Crippen molar-refractivity contribution in [2.75, 3.05) is 20.3 Å². The van der Waals surface area contributed by atoms with Gasteiger partial charge in [-0.05, 0) is 31.5 Å². The van der Waals surface area contributed by atoms with E-state index in [1.807, 2.05) is 0 Å². The van der Waals surface area contributed by atoms with E-state index in [1.54, 1.807) is 45.2 Å². The molecule has 1 rings (SSSR count). The van der Waals surface area contributed by atoms with E-state index in [0.717, 1.165) is 11.3 Å². The number of methoxy groups -OCH3 is 1. The van der Waals surface area contributed by atoms with Crippen molar-refractivity contribution < 1.29 is 18.3 Å². The van der Waals surface area contributed by atoms with Crippen molar-refractivity contribution in [3.8, 4) is 5.75 Å². The molecule has 0 bridgehead atoms. The number of hydrogen-bond donors (Lipinski definition) is 0. The minimum absolute atomic E-state index is 0.312. The van der Waals surface area contributed by atoms with Gasteiger partial charge >= 0.3 is 7.60 Å². The van der Waals surface area contributed by atoms with Gasteiger partial charge in [-0.2, -0.15) is 0 Å². The standard InChI is InChI=1S/C13H19O4P/c1-5-16-18(14,17-6-2)11(3)12-7-9-13(15-4)10-8-12/h7-10H,3,5-6H2,1-2,4H3. The van der Waals surface area contributed by atoms with Crippen molar-refractivity contribution in [3.63, 3.8) is 0 Å². The Morgan fingerprint density at radius 2 is 1.67 bits per heavy atom. The molecule has 100 valence electrons. The first-order chi connectivity index (χ1) is 8.57. The normalized spacial score (nSPS) is 11.3. The van der Waals surface area contributed by atoms with Gasteiger partial charge in [-0.1, -0.05) is 18.7 Å². The third-order valence-electron chi connectivity index (χ3n) is 2.35. The summed E-state index contributed by atoms with van der Waals surface area (Å²) in [6.45, 7) is 8.00. The third-order valence-corrected chi connectivity index (χ3v) is 4.47. The molecule has 0 heterocycles. The molecule has 0 aromatic heterocycles. The number of hydrogen-bond acceptors (Lipinski definition) is 4. The molecule has 0 saturated heterocycles. The van der Waals surface area contributed by atoms with Crippen LogP contribution in [-0.4, -0.2) is 20.3 Å². The molecular weight excluding hydrogens is 251 g/mol. The Labute approximate surface area is 108 Å². The van der Waals surface area contributed by atoms with Crippen molar-refractivity contribution in [1.82, 2.24) is 0 Å². The van der Waals surface area contributed by atoms with Crippen LogP contribution in [0.3, 0.4) is 0 Å². The number of ether oxygens (including phenoxy) is 1.